The number of fused-ring (bicyclic) bond motifs is 2. The molecule has 4 atom stereocenters. The number of hydrogen-bond donors (Lipinski definition) is 0. The second-order valence-electron chi connectivity index (χ2n) is 9.83. The Balaban J connectivity index is 1.58. The fraction of sp³-hybridized carbons (Fsp3) is 0.200. The standard InChI is InChI=1S/C30H23NO4/c1-28-17-18-30(24-14-8-7-13-23(24)28)27(33)31(19-20-9-3-2-4-10-20)26(32)29(30)16-15-25(34-35-28)21-11-5-6-12-22(21)29/h2-18,25H,19H2,1H3. The molecule has 172 valence electrons. The van der Waals surface area contributed by atoms with Crippen LogP contribution in [0.15, 0.2) is 103 Å². The summed E-state index contributed by atoms with van der Waals surface area (Å²) in [7, 11) is 0. The Morgan fingerprint density at radius 2 is 1.37 bits per heavy atom. The quantitative estimate of drug-likeness (QED) is 0.313. The molecule has 0 saturated carbocycles. The Morgan fingerprint density at radius 3 is 2.14 bits per heavy atom. The summed E-state index contributed by atoms with van der Waals surface area (Å²) in [4.78, 5) is 42.7. The van der Waals surface area contributed by atoms with E-state index in [0.717, 1.165) is 27.8 Å². The molecule has 5 aliphatic rings. The molecule has 8 rings (SSSR count). The summed E-state index contributed by atoms with van der Waals surface area (Å²) in [6.07, 6.45) is 7.02. The van der Waals surface area contributed by atoms with E-state index in [1.807, 2.05) is 110 Å². The molecule has 1 saturated heterocycles. The van der Waals surface area contributed by atoms with Gasteiger partial charge in [-0.25, -0.2) is 9.78 Å². The summed E-state index contributed by atoms with van der Waals surface area (Å²) < 4.78 is 0. The predicted octanol–water partition coefficient (Wildman–Crippen LogP) is 4.79. The highest BCUT2D eigenvalue weighted by Crippen LogP contribution is 2.61. The minimum atomic E-state index is -1.24. The summed E-state index contributed by atoms with van der Waals surface area (Å²) in [6, 6.07) is 25.1. The Labute approximate surface area is 203 Å². The number of nitrogens with zero attached hydrogens (tertiary/aromatic N) is 1. The summed E-state index contributed by atoms with van der Waals surface area (Å²) in [5.74, 6) is -0.449. The molecule has 3 aromatic carbocycles. The zero-order valence-corrected chi connectivity index (χ0v) is 19.2. The first-order chi connectivity index (χ1) is 17.0. The molecule has 5 heteroatoms. The lowest BCUT2D eigenvalue weighted by molar-refractivity contribution is -0.370. The van der Waals surface area contributed by atoms with Gasteiger partial charge in [0.2, 0.25) is 11.8 Å². The van der Waals surface area contributed by atoms with E-state index in [9.17, 15) is 9.59 Å². The van der Waals surface area contributed by atoms with Gasteiger partial charge in [0.15, 0.2) is 0 Å². The van der Waals surface area contributed by atoms with E-state index in [0.29, 0.717) is 0 Å². The zero-order chi connectivity index (χ0) is 23.8. The van der Waals surface area contributed by atoms with Gasteiger partial charge in [-0.3, -0.25) is 14.5 Å². The maximum absolute atomic E-state index is 14.6. The SMILES string of the molecule is CC12C=CC3(C(=O)N(Cc4ccccc4)C(=O)C34C=CC(OO1)c1ccccc14)c1ccccc12. The van der Waals surface area contributed by atoms with E-state index >= 15 is 0 Å². The highest BCUT2D eigenvalue weighted by Gasteiger charge is 2.71. The third-order valence-electron chi connectivity index (χ3n) is 8.05. The van der Waals surface area contributed by atoms with Crippen molar-refractivity contribution >= 4 is 11.8 Å². The van der Waals surface area contributed by atoms with Crippen LogP contribution >= 0.6 is 0 Å². The fourth-order valence-electron chi connectivity index (χ4n) is 6.39. The van der Waals surface area contributed by atoms with Gasteiger partial charge < -0.3 is 0 Å². The Morgan fingerprint density at radius 1 is 0.743 bits per heavy atom. The van der Waals surface area contributed by atoms with Crippen molar-refractivity contribution in [1.82, 2.24) is 4.90 Å². The van der Waals surface area contributed by atoms with Crippen LogP contribution < -0.4 is 0 Å². The molecule has 3 heterocycles. The number of carbonyl (C=O) groups is 2. The van der Waals surface area contributed by atoms with Crippen LogP contribution in [-0.2, 0) is 42.3 Å². The van der Waals surface area contributed by atoms with Crippen LogP contribution in [0.3, 0.4) is 0 Å². The topological polar surface area (TPSA) is 55.8 Å². The lowest BCUT2D eigenvalue weighted by Gasteiger charge is -2.48. The molecule has 5 nitrogen and oxygen atoms in total. The second-order valence-corrected chi connectivity index (χ2v) is 9.83. The maximum atomic E-state index is 14.6. The molecule has 35 heavy (non-hydrogen) atoms. The number of rotatable bonds is 2. The lowest BCUT2D eigenvalue weighted by Crippen LogP contribution is -2.54. The van der Waals surface area contributed by atoms with Gasteiger partial charge in [0, 0.05) is 0 Å². The van der Waals surface area contributed by atoms with E-state index in [-0.39, 0.29) is 18.4 Å². The lowest BCUT2D eigenvalue weighted by atomic mass is 9.53. The van der Waals surface area contributed by atoms with Gasteiger partial charge >= 0.3 is 0 Å². The van der Waals surface area contributed by atoms with Gasteiger partial charge in [-0.2, -0.15) is 0 Å². The van der Waals surface area contributed by atoms with E-state index < -0.39 is 22.5 Å². The van der Waals surface area contributed by atoms with E-state index in [1.54, 1.807) is 0 Å². The van der Waals surface area contributed by atoms with Gasteiger partial charge in [-0.1, -0.05) is 97.1 Å². The van der Waals surface area contributed by atoms with Gasteiger partial charge in [0.05, 0.1) is 6.54 Å². The fourth-order valence-corrected chi connectivity index (χ4v) is 6.39. The first-order valence-electron chi connectivity index (χ1n) is 11.9. The summed E-state index contributed by atoms with van der Waals surface area (Å²) in [5, 5.41) is 0. The normalized spacial score (nSPS) is 31.9. The first kappa shape index (κ1) is 20.6. The predicted molar refractivity (Wildman–Crippen MR) is 129 cm³/mol. The molecule has 2 amide bonds. The molecular formula is C30H23NO4. The molecule has 3 aliphatic heterocycles. The van der Waals surface area contributed by atoms with Crippen molar-refractivity contribution in [2.24, 2.45) is 0 Å². The van der Waals surface area contributed by atoms with Gasteiger partial charge in [-0.15, -0.1) is 0 Å². The molecule has 4 bridgehead atoms. The van der Waals surface area contributed by atoms with Crippen LogP contribution in [-0.4, -0.2) is 16.7 Å². The van der Waals surface area contributed by atoms with Crippen molar-refractivity contribution in [3.05, 3.63) is 131 Å². The van der Waals surface area contributed by atoms with Crippen molar-refractivity contribution in [2.45, 2.75) is 36.0 Å². The number of amides is 2. The third kappa shape index (κ3) is 2.39. The van der Waals surface area contributed by atoms with E-state index in [4.69, 9.17) is 9.78 Å². The first-order valence-corrected chi connectivity index (χ1v) is 11.9. The minimum absolute atomic E-state index is 0.210. The monoisotopic (exact) mass is 461 g/mol. The largest absolute Gasteiger partial charge is 0.276 e. The van der Waals surface area contributed by atoms with Gasteiger partial charge in [0.1, 0.15) is 22.5 Å². The molecular weight excluding hydrogens is 438 g/mol. The summed E-state index contributed by atoms with van der Waals surface area (Å²) in [6.45, 7) is 2.14. The highest BCUT2D eigenvalue weighted by atomic mass is 17.2. The molecule has 4 unspecified atom stereocenters. The zero-order valence-electron chi connectivity index (χ0n) is 19.2. The maximum Gasteiger partial charge on any atom is 0.245 e. The van der Waals surface area contributed by atoms with Crippen molar-refractivity contribution in [2.75, 3.05) is 0 Å². The van der Waals surface area contributed by atoms with E-state index in [1.165, 1.54) is 4.90 Å². The Bertz CT molecular complexity index is 1460. The van der Waals surface area contributed by atoms with Crippen LogP contribution in [0.2, 0.25) is 0 Å². The van der Waals surface area contributed by atoms with Crippen molar-refractivity contribution in [1.29, 1.82) is 0 Å². The average Bonchev–Trinajstić information content (AvgIpc) is 3.07. The number of carbonyl (C=O) groups excluding carboxylic acids is 2. The molecule has 2 aliphatic carbocycles. The number of hydrogen-bond acceptors (Lipinski definition) is 4. The molecule has 1 fully saturated rings. The molecule has 3 aromatic rings. The van der Waals surface area contributed by atoms with Crippen molar-refractivity contribution in [3.63, 3.8) is 0 Å². The summed E-state index contributed by atoms with van der Waals surface area (Å²) in [5.41, 5.74) is 0.716. The molecule has 0 aromatic heterocycles. The molecule has 2 spiro atoms. The van der Waals surface area contributed by atoms with Crippen LogP contribution in [0, 0.1) is 0 Å². The number of likely N-dealkylation sites (tertiary alicyclic amines) is 1. The van der Waals surface area contributed by atoms with Crippen LogP contribution in [0.4, 0.5) is 0 Å². The van der Waals surface area contributed by atoms with Crippen LogP contribution in [0.1, 0.15) is 40.8 Å². The van der Waals surface area contributed by atoms with Crippen LogP contribution in [0.25, 0.3) is 0 Å². The Kier molecular flexibility index (Phi) is 4.04. The summed E-state index contributed by atoms with van der Waals surface area (Å²) >= 11 is 0. The van der Waals surface area contributed by atoms with Gasteiger partial charge in [0.25, 0.3) is 0 Å². The van der Waals surface area contributed by atoms with E-state index in [2.05, 4.69) is 0 Å². The third-order valence-corrected chi connectivity index (χ3v) is 8.05. The highest BCUT2D eigenvalue weighted by molar-refractivity contribution is 6.18. The molecule has 0 radical (unpaired) electrons. The Hall–Kier alpha value is -3.80. The average molecular weight is 462 g/mol. The van der Waals surface area contributed by atoms with Gasteiger partial charge in [-0.05, 0) is 40.8 Å². The number of imide groups is 1. The second kappa shape index (κ2) is 6.87. The van der Waals surface area contributed by atoms with Crippen LogP contribution in [0.5, 0.6) is 0 Å². The smallest absolute Gasteiger partial charge is 0.245 e. The van der Waals surface area contributed by atoms with Crippen molar-refractivity contribution < 1.29 is 19.4 Å². The molecule has 0 N–H and O–H groups in total. The van der Waals surface area contributed by atoms with Crippen molar-refractivity contribution in [3.8, 4) is 0 Å². The minimum Gasteiger partial charge on any atom is -0.276 e. The number of benzene rings is 3.